The predicted molar refractivity (Wildman–Crippen MR) is 123 cm³/mol. The zero-order chi connectivity index (χ0) is 21.5. The molecule has 160 valence electrons. The largest absolute Gasteiger partial charge is 0.402 e. The summed E-state index contributed by atoms with van der Waals surface area (Å²) in [6, 6.07) is 4.01. The molecule has 0 amide bonds. The average Bonchev–Trinajstić information content (AvgIpc) is 3.23. The van der Waals surface area contributed by atoms with Crippen LogP contribution in [0.3, 0.4) is 0 Å². The standard InChI is InChI=1S/C19H26N4O.C4H6N2/c1-13-4-3-5-15-16(17(21)7-6-14(2)20)12-18(22-19(13)15)23-8-10-24-11-9-23;1-4-2-3-5-6-4/h3,5-7,12-13H,4,8-11,20-21H2,1-2H3;2-3H,1H3,(H,5,6)/b14-6-,17-7-;. The molecule has 0 radical (unpaired) electrons. The Hall–Kier alpha value is -3.06. The lowest BCUT2D eigenvalue weighted by Crippen LogP contribution is -2.37. The van der Waals surface area contributed by atoms with E-state index in [1.54, 1.807) is 6.20 Å². The van der Waals surface area contributed by atoms with Crippen molar-refractivity contribution in [2.75, 3.05) is 31.2 Å². The maximum absolute atomic E-state index is 6.37. The molecule has 2 aliphatic rings. The number of hydrogen-bond acceptors (Lipinski definition) is 6. The van der Waals surface area contributed by atoms with Crippen LogP contribution in [0.25, 0.3) is 11.8 Å². The molecule has 7 heteroatoms. The molecule has 1 aliphatic carbocycles. The van der Waals surface area contributed by atoms with Crippen LogP contribution in [0.2, 0.25) is 0 Å². The van der Waals surface area contributed by atoms with E-state index in [9.17, 15) is 0 Å². The van der Waals surface area contributed by atoms with Crippen molar-refractivity contribution in [1.29, 1.82) is 0 Å². The minimum Gasteiger partial charge on any atom is -0.402 e. The molecule has 7 nitrogen and oxygen atoms in total. The molecular weight excluding hydrogens is 376 g/mol. The van der Waals surface area contributed by atoms with Gasteiger partial charge < -0.3 is 21.1 Å². The second kappa shape index (κ2) is 10.1. The summed E-state index contributed by atoms with van der Waals surface area (Å²) < 4.78 is 5.46. The van der Waals surface area contributed by atoms with Crippen LogP contribution in [0, 0.1) is 6.92 Å². The number of anilines is 1. The van der Waals surface area contributed by atoms with Crippen LogP contribution >= 0.6 is 0 Å². The molecule has 2 aromatic heterocycles. The van der Waals surface area contributed by atoms with E-state index in [0.29, 0.717) is 11.6 Å². The fourth-order valence-electron chi connectivity index (χ4n) is 3.44. The third-order valence-corrected chi connectivity index (χ3v) is 5.13. The number of aromatic amines is 1. The number of pyridine rings is 1. The second-order valence-electron chi connectivity index (χ2n) is 7.74. The Morgan fingerprint density at radius 1 is 1.27 bits per heavy atom. The summed E-state index contributed by atoms with van der Waals surface area (Å²) in [7, 11) is 0. The topological polar surface area (TPSA) is 106 Å². The third-order valence-electron chi connectivity index (χ3n) is 5.13. The first kappa shape index (κ1) is 21.6. The Morgan fingerprint density at radius 2 is 2.03 bits per heavy atom. The van der Waals surface area contributed by atoms with Gasteiger partial charge >= 0.3 is 0 Å². The van der Waals surface area contributed by atoms with Gasteiger partial charge in [0.05, 0.1) is 18.9 Å². The van der Waals surface area contributed by atoms with Gasteiger partial charge in [-0.2, -0.15) is 5.10 Å². The van der Waals surface area contributed by atoms with Gasteiger partial charge in [-0.3, -0.25) is 5.10 Å². The van der Waals surface area contributed by atoms with Gasteiger partial charge in [-0.1, -0.05) is 19.1 Å². The number of rotatable bonds is 3. The predicted octanol–water partition coefficient (Wildman–Crippen LogP) is 3.32. The van der Waals surface area contributed by atoms with Crippen molar-refractivity contribution in [2.45, 2.75) is 33.1 Å². The molecule has 1 atom stereocenters. The molecule has 1 fully saturated rings. The van der Waals surface area contributed by atoms with Crippen LogP contribution in [-0.4, -0.2) is 41.5 Å². The number of morpholine rings is 1. The van der Waals surface area contributed by atoms with Crippen molar-refractivity contribution in [3.05, 3.63) is 64.8 Å². The summed E-state index contributed by atoms with van der Waals surface area (Å²) in [5, 5.41) is 6.45. The summed E-state index contributed by atoms with van der Waals surface area (Å²) in [6.45, 7) is 9.24. The summed E-state index contributed by atoms with van der Waals surface area (Å²) in [4.78, 5) is 7.23. The van der Waals surface area contributed by atoms with Crippen LogP contribution < -0.4 is 16.4 Å². The normalized spacial score (nSPS) is 19.2. The Morgan fingerprint density at radius 3 is 2.63 bits per heavy atom. The number of nitrogens with zero attached hydrogens (tertiary/aromatic N) is 3. The van der Waals surface area contributed by atoms with E-state index in [1.165, 1.54) is 0 Å². The zero-order valence-electron chi connectivity index (χ0n) is 18.1. The van der Waals surface area contributed by atoms with E-state index in [4.69, 9.17) is 21.2 Å². The molecule has 3 heterocycles. The molecule has 1 aliphatic heterocycles. The number of fused-ring (bicyclic) bond motifs is 1. The number of hydrogen-bond donors (Lipinski definition) is 3. The number of nitrogens with two attached hydrogens (primary N) is 2. The monoisotopic (exact) mass is 408 g/mol. The lowest BCUT2D eigenvalue weighted by atomic mass is 9.89. The molecular formula is C23H32N6O. The number of nitrogens with one attached hydrogen (secondary N) is 1. The first-order valence-corrected chi connectivity index (χ1v) is 10.4. The molecule has 4 rings (SSSR count). The highest BCUT2D eigenvalue weighted by molar-refractivity contribution is 5.77. The summed E-state index contributed by atoms with van der Waals surface area (Å²) in [6.07, 6.45) is 10.8. The highest BCUT2D eigenvalue weighted by atomic mass is 16.5. The van der Waals surface area contributed by atoms with Gasteiger partial charge in [-0.25, -0.2) is 4.98 Å². The second-order valence-corrected chi connectivity index (χ2v) is 7.74. The van der Waals surface area contributed by atoms with Crippen LogP contribution in [0.4, 0.5) is 5.82 Å². The molecule has 30 heavy (non-hydrogen) atoms. The van der Waals surface area contributed by atoms with Gasteiger partial charge in [-0.05, 0) is 44.6 Å². The Balaban J connectivity index is 0.000000367. The number of ether oxygens (including phenoxy) is 1. The Bertz CT molecular complexity index is 919. The number of aryl methyl sites for hydroxylation is 1. The lowest BCUT2D eigenvalue weighted by molar-refractivity contribution is 0.122. The van der Waals surface area contributed by atoms with Crippen molar-refractivity contribution in [1.82, 2.24) is 15.2 Å². The van der Waals surface area contributed by atoms with Crippen LogP contribution in [0.15, 0.2) is 42.3 Å². The van der Waals surface area contributed by atoms with E-state index in [1.807, 2.05) is 32.1 Å². The van der Waals surface area contributed by atoms with Gasteiger partial charge in [-0.15, -0.1) is 0 Å². The fourth-order valence-corrected chi connectivity index (χ4v) is 3.44. The number of allylic oxidation sites excluding steroid dienone is 4. The van der Waals surface area contributed by atoms with Crippen molar-refractivity contribution in [3.8, 4) is 0 Å². The smallest absolute Gasteiger partial charge is 0.129 e. The van der Waals surface area contributed by atoms with E-state index >= 15 is 0 Å². The van der Waals surface area contributed by atoms with E-state index in [-0.39, 0.29) is 0 Å². The maximum atomic E-state index is 6.37. The van der Waals surface area contributed by atoms with Crippen LogP contribution in [-0.2, 0) is 4.74 Å². The molecule has 0 bridgehead atoms. The molecule has 5 N–H and O–H groups in total. The molecule has 1 unspecified atom stereocenters. The van der Waals surface area contributed by atoms with Crippen molar-refractivity contribution in [3.63, 3.8) is 0 Å². The summed E-state index contributed by atoms with van der Waals surface area (Å²) in [5.41, 5.74) is 17.9. The number of H-pyrrole nitrogens is 1. The zero-order valence-corrected chi connectivity index (χ0v) is 18.1. The summed E-state index contributed by atoms with van der Waals surface area (Å²) >= 11 is 0. The average molecular weight is 409 g/mol. The Labute approximate surface area is 178 Å². The maximum Gasteiger partial charge on any atom is 0.129 e. The van der Waals surface area contributed by atoms with Crippen LogP contribution in [0.1, 0.15) is 48.7 Å². The minimum absolute atomic E-state index is 0.393. The fraction of sp³-hybridized carbons (Fsp3) is 0.391. The van der Waals surface area contributed by atoms with Gasteiger partial charge in [0, 0.05) is 53.4 Å². The molecule has 2 aromatic rings. The van der Waals surface area contributed by atoms with Gasteiger partial charge in [0.15, 0.2) is 0 Å². The first-order chi connectivity index (χ1) is 14.5. The highest BCUT2D eigenvalue weighted by Gasteiger charge is 2.22. The van der Waals surface area contributed by atoms with Gasteiger partial charge in [0.25, 0.3) is 0 Å². The number of aromatic nitrogens is 3. The summed E-state index contributed by atoms with van der Waals surface area (Å²) in [5.74, 6) is 1.38. The molecule has 0 aromatic carbocycles. The van der Waals surface area contributed by atoms with Crippen molar-refractivity contribution >= 4 is 17.6 Å². The molecule has 0 spiro atoms. The minimum atomic E-state index is 0.393. The van der Waals surface area contributed by atoms with E-state index < -0.39 is 0 Å². The SMILES string of the molecule is C/C(N)=C/C=C(\N)c1cc(N2CCOCC2)nc2c1C=CCC2C.Cc1ccn[nH]1. The van der Waals surface area contributed by atoms with Gasteiger partial charge in [0.2, 0.25) is 0 Å². The van der Waals surface area contributed by atoms with Gasteiger partial charge in [0.1, 0.15) is 5.82 Å². The van der Waals surface area contributed by atoms with E-state index in [2.05, 4.69) is 40.2 Å². The molecule has 1 saturated heterocycles. The van der Waals surface area contributed by atoms with E-state index in [0.717, 1.165) is 66.8 Å². The lowest BCUT2D eigenvalue weighted by Gasteiger charge is -2.30. The molecule has 0 saturated carbocycles. The third kappa shape index (κ3) is 5.51. The van der Waals surface area contributed by atoms with Crippen molar-refractivity contribution < 1.29 is 4.74 Å². The highest BCUT2D eigenvalue weighted by Crippen LogP contribution is 2.34. The van der Waals surface area contributed by atoms with Crippen molar-refractivity contribution in [2.24, 2.45) is 11.5 Å². The quantitative estimate of drug-likeness (QED) is 0.673. The first-order valence-electron chi connectivity index (χ1n) is 10.4. The Kier molecular flexibility index (Phi) is 7.30. The van der Waals surface area contributed by atoms with Crippen LogP contribution in [0.5, 0.6) is 0 Å².